The summed E-state index contributed by atoms with van der Waals surface area (Å²) in [6.45, 7) is 8.02. The van der Waals surface area contributed by atoms with Crippen molar-refractivity contribution in [3.8, 4) is 0 Å². The van der Waals surface area contributed by atoms with E-state index in [0.29, 0.717) is 0 Å². The van der Waals surface area contributed by atoms with Crippen molar-refractivity contribution in [3.63, 3.8) is 0 Å². The van der Waals surface area contributed by atoms with Gasteiger partial charge in [0, 0.05) is 10.6 Å². The molecule has 0 unspecified atom stereocenters. The van der Waals surface area contributed by atoms with Crippen LogP contribution in [0.25, 0.3) is 0 Å². The van der Waals surface area contributed by atoms with Crippen molar-refractivity contribution in [2.24, 2.45) is 5.73 Å². The van der Waals surface area contributed by atoms with Crippen molar-refractivity contribution in [1.82, 2.24) is 0 Å². The van der Waals surface area contributed by atoms with Crippen molar-refractivity contribution < 1.29 is 0 Å². The largest absolute Gasteiger partial charge is 0.322 e. The molecule has 0 spiro atoms. The van der Waals surface area contributed by atoms with Crippen LogP contribution in [-0.2, 0) is 5.54 Å². The Labute approximate surface area is 84.9 Å². The van der Waals surface area contributed by atoms with Gasteiger partial charge in [-0.1, -0.05) is 17.7 Å². The third kappa shape index (κ3) is 2.23. The van der Waals surface area contributed by atoms with Crippen LogP contribution in [0.2, 0.25) is 5.02 Å². The Morgan fingerprint density at radius 2 is 1.77 bits per heavy atom. The van der Waals surface area contributed by atoms with E-state index in [-0.39, 0.29) is 5.54 Å². The van der Waals surface area contributed by atoms with E-state index in [0.717, 1.165) is 21.7 Å². The molecule has 1 aromatic rings. The molecule has 0 aliphatic heterocycles. The fourth-order valence-corrected chi connectivity index (χ4v) is 1.76. The average molecular weight is 198 g/mol. The Bertz CT molecular complexity index is 324. The number of hydrogen-bond acceptors (Lipinski definition) is 1. The minimum Gasteiger partial charge on any atom is -0.322 e. The van der Waals surface area contributed by atoms with Gasteiger partial charge in [0.1, 0.15) is 0 Å². The highest BCUT2D eigenvalue weighted by atomic mass is 35.5. The molecule has 0 fully saturated rings. The Kier molecular flexibility index (Phi) is 2.69. The highest BCUT2D eigenvalue weighted by molar-refractivity contribution is 6.31. The molecule has 0 bridgehead atoms. The van der Waals surface area contributed by atoms with E-state index in [9.17, 15) is 0 Å². The van der Waals surface area contributed by atoms with Crippen LogP contribution in [0.1, 0.15) is 30.5 Å². The van der Waals surface area contributed by atoms with Gasteiger partial charge in [-0.25, -0.2) is 0 Å². The number of halogens is 1. The molecule has 0 saturated heterocycles. The van der Waals surface area contributed by atoms with Crippen molar-refractivity contribution in [3.05, 3.63) is 33.8 Å². The summed E-state index contributed by atoms with van der Waals surface area (Å²) in [6, 6.07) is 4.06. The Morgan fingerprint density at radius 3 is 2.23 bits per heavy atom. The van der Waals surface area contributed by atoms with Crippen LogP contribution in [0.5, 0.6) is 0 Å². The second kappa shape index (κ2) is 3.32. The monoisotopic (exact) mass is 197 g/mol. The van der Waals surface area contributed by atoms with Crippen molar-refractivity contribution in [2.75, 3.05) is 0 Å². The molecule has 1 aromatic carbocycles. The first-order valence-electron chi connectivity index (χ1n) is 4.38. The average Bonchev–Trinajstić information content (AvgIpc) is 1.94. The van der Waals surface area contributed by atoms with Gasteiger partial charge in [0.05, 0.1) is 0 Å². The normalized spacial score (nSPS) is 11.8. The van der Waals surface area contributed by atoms with E-state index in [4.69, 9.17) is 17.3 Å². The summed E-state index contributed by atoms with van der Waals surface area (Å²) < 4.78 is 0. The minimum absolute atomic E-state index is 0.320. The molecular weight excluding hydrogens is 182 g/mol. The van der Waals surface area contributed by atoms with Gasteiger partial charge in [-0.2, -0.15) is 0 Å². The summed E-state index contributed by atoms with van der Waals surface area (Å²) in [5.74, 6) is 0. The Hall–Kier alpha value is -0.530. The summed E-state index contributed by atoms with van der Waals surface area (Å²) in [5.41, 5.74) is 9.08. The predicted molar refractivity (Wildman–Crippen MR) is 58.1 cm³/mol. The summed E-state index contributed by atoms with van der Waals surface area (Å²) in [5, 5.41) is 0.800. The lowest BCUT2D eigenvalue weighted by molar-refractivity contribution is 0.550. The highest BCUT2D eigenvalue weighted by Gasteiger charge is 2.18. The van der Waals surface area contributed by atoms with Crippen LogP contribution in [0.15, 0.2) is 12.1 Å². The maximum Gasteiger partial charge on any atom is 0.0441 e. The molecule has 0 aromatic heterocycles. The quantitative estimate of drug-likeness (QED) is 0.736. The zero-order valence-corrected chi connectivity index (χ0v) is 9.37. The van der Waals surface area contributed by atoms with Gasteiger partial charge < -0.3 is 5.73 Å². The molecule has 0 aliphatic carbocycles. The van der Waals surface area contributed by atoms with Crippen LogP contribution in [0.4, 0.5) is 0 Å². The maximum absolute atomic E-state index is 6.07. The fraction of sp³-hybridized carbons (Fsp3) is 0.455. The molecule has 0 heterocycles. The van der Waals surface area contributed by atoms with E-state index < -0.39 is 0 Å². The van der Waals surface area contributed by atoms with Crippen LogP contribution in [0, 0.1) is 13.8 Å². The number of nitrogens with two attached hydrogens (primary N) is 1. The van der Waals surface area contributed by atoms with Crippen LogP contribution in [0.3, 0.4) is 0 Å². The molecule has 0 radical (unpaired) electrons. The summed E-state index contributed by atoms with van der Waals surface area (Å²) in [6.07, 6.45) is 0. The maximum atomic E-state index is 6.07. The molecule has 1 nitrogen and oxygen atoms in total. The smallest absolute Gasteiger partial charge is 0.0441 e. The predicted octanol–water partition coefficient (Wildman–Crippen LogP) is 3.15. The lowest BCUT2D eigenvalue weighted by Gasteiger charge is -2.23. The third-order valence-electron chi connectivity index (χ3n) is 2.18. The van der Waals surface area contributed by atoms with Gasteiger partial charge in [-0.3, -0.25) is 0 Å². The molecular formula is C11H16ClN. The van der Waals surface area contributed by atoms with E-state index in [2.05, 4.69) is 6.07 Å². The molecule has 0 amide bonds. The molecule has 72 valence electrons. The van der Waals surface area contributed by atoms with Crippen molar-refractivity contribution in [1.29, 1.82) is 0 Å². The zero-order chi connectivity index (χ0) is 10.2. The highest BCUT2D eigenvalue weighted by Crippen LogP contribution is 2.27. The Balaban J connectivity index is 3.37. The topological polar surface area (TPSA) is 26.0 Å². The zero-order valence-electron chi connectivity index (χ0n) is 8.61. The number of hydrogen-bond donors (Lipinski definition) is 1. The second-order valence-electron chi connectivity index (χ2n) is 4.14. The molecule has 1 rings (SSSR count). The molecule has 2 heteroatoms. The number of aryl methyl sites for hydroxylation is 1. The molecule has 0 saturated carbocycles. The summed E-state index contributed by atoms with van der Waals surface area (Å²) in [7, 11) is 0. The van der Waals surface area contributed by atoms with E-state index in [1.54, 1.807) is 0 Å². The van der Waals surface area contributed by atoms with Crippen LogP contribution >= 0.6 is 11.6 Å². The fourth-order valence-electron chi connectivity index (χ4n) is 1.48. The third-order valence-corrected chi connectivity index (χ3v) is 2.58. The first-order valence-corrected chi connectivity index (χ1v) is 4.76. The first kappa shape index (κ1) is 10.6. The molecule has 0 aliphatic rings. The summed E-state index contributed by atoms with van der Waals surface area (Å²) in [4.78, 5) is 0. The second-order valence-corrected chi connectivity index (χ2v) is 4.55. The van der Waals surface area contributed by atoms with E-state index in [1.165, 1.54) is 0 Å². The van der Waals surface area contributed by atoms with Crippen LogP contribution < -0.4 is 5.73 Å². The SMILES string of the molecule is Cc1cc(Cl)c(C)c(C(C)(C)N)c1. The van der Waals surface area contributed by atoms with Crippen molar-refractivity contribution >= 4 is 11.6 Å². The van der Waals surface area contributed by atoms with Crippen LogP contribution in [-0.4, -0.2) is 0 Å². The van der Waals surface area contributed by atoms with Crippen molar-refractivity contribution in [2.45, 2.75) is 33.2 Å². The molecule has 13 heavy (non-hydrogen) atoms. The first-order chi connectivity index (χ1) is 5.82. The summed E-state index contributed by atoms with van der Waals surface area (Å²) >= 11 is 6.07. The molecule has 2 N–H and O–H groups in total. The Morgan fingerprint density at radius 1 is 1.23 bits per heavy atom. The van der Waals surface area contributed by atoms with Gasteiger partial charge in [-0.05, 0) is 50.5 Å². The van der Waals surface area contributed by atoms with Gasteiger partial charge in [0.25, 0.3) is 0 Å². The minimum atomic E-state index is -0.320. The van der Waals surface area contributed by atoms with Gasteiger partial charge in [0.15, 0.2) is 0 Å². The van der Waals surface area contributed by atoms with E-state index >= 15 is 0 Å². The lowest BCUT2D eigenvalue weighted by atomic mass is 9.90. The molecule has 0 atom stereocenters. The van der Waals surface area contributed by atoms with E-state index in [1.807, 2.05) is 33.8 Å². The van der Waals surface area contributed by atoms with Gasteiger partial charge >= 0.3 is 0 Å². The number of rotatable bonds is 1. The van der Waals surface area contributed by atoms with Gasteiger partial charge in [0.2, 0.25) is 0 Å². The van der Waals surface area contributed by atoms with Gasteiger partial charge in [-0.15, -0.1) is 0 Å². The number of benzene rings is 1. The standard InChI is InChI=1S/C11H16ClN/c1-7-5-9(11(3,4)13)8(2)10(12)6-7/h5-6H,13H2,1-4H3. The lowest BCUT2D eigenvalue weighted by Crippen LogP contribution is -2.29.